The summed E-state index contributed by atoms with van der Waals surface area (Å²) in [6, 6.07) is 5.30. The van der Waals surface area contributed by atoms with Gasteiger partial charge in [-0.05, 0) is 38.5 Å². The van der Waals surface area contributed by atoms with Crippen molar-refractivity contribution in [3.05, 3.63) is 39.4 Å². The Morgan fingerprint density at radius 2 is 2.00 bits per heavy atom. The molecule has 1 aliphatic heterocycles. The number of anilines is 1. The van der Waals surface area contributed by atoms with E-state index in [4.69, 9.17) is 21.1 Å². The zero-order valence-electron chi connectivity index (χ0n) is 16.5. The van der Waals surface area contributed by atoms with Gasteiger partial charge in [0.15, 0.2) is 11.2 Å². The van der Waals surface area contributed by atoms with Gasteiger partial charge in [-0.25, -0.2) is 4.98 Å². The Hall–Kier alpha value is -2.36. The van der Waals surface area contributed by atoms with Gasteiger partial charge in [0.2, 0.25) is 0 Å². The van der Waals surface area contributed by atoms with Gasteiger partial charge in [-0.1, -0.05) is 29.0 Å². The van der Waals surface area contributed by atoms with Crippen LogP contribution >= 0.6 is 22.9 Å². The van der Waals surface area contributed by atoms with Crippen LogP contribution in [0.5, 0.6) is 5.75 Å². The van der Waals surface area contributed by atoms with Gasteiger partial charge >= 0.3 is 0 Å². The predicted molar refractivity (Wildman–Crippen MR) is 112 cm³/mol. The maximum atomic E-state index is 12.5. The number of aryl methyl sites for hydroxylation is 2. The summed E-state index contributed by atoms with van der Waals surface area (Å²) in [6.07, 6.45) is -0.846. The molecule has 0 spiro atoms. The second-order valence-corrected chi connectivity index (χ2v) is 8.03. The summed E-state index contributed by atoms with van der Waals surface area (Å²) in [5.41, 5.74) is 6.38. The SMILES string of the molecule is Cc1ccc(Cl)c(OC(C)C(=O)NNC(=O)c2sc(N3CCOCC3)nc2C)c1. The molecule has 0 radical (unpaired) electrons. The Labute approximate surface area is 178 Å². The van der Waals surface area contributed by atoms with E-state index in [-0.39, 0.29) is 0 Å². The number of morpholine rings is 1. The van der Waals surface area contributed by atoms with Crippen LogP contribution in [0.2, 0.25) is 5.02 Å². The van der Waals surface area contributed by atoms with Crippen molar-refractivity contribution in [3.63, 3.8) is 0 Å². The Kier molecular flexibility index (Phi) is 6.94. The third-order valence-corrected chi connectivity index (χ3v) is 5.86. The lowest BCUT2D eigenvalue weighted by Gasteiger charge is -2.25. The van der Waals surface area contributed by atoms with Crippen molar-refractivity contribution in [1.29, 1.82) is 0 Å². The molecule has 2 aromatic rings. The number of carbonyl (C=O) groups is 2. The molecule has 1 aromatic heterocycles. The van der Waals surface area contributed by atoms with Gasteiger partial charge in [0.25, 0.3) is 11.8 Å². The molecule has 3 rings (SSSR count). The predicted octanol–water partition coefficient (Wildman–Crippen LogP) is 2.48. The first-order valence-corrected chi connectivity index (χ1v) is 10.4. The lowest BCUT2D eigenvalue weighted by Crippen LogP contribution is -2.47. The molecule has 0 bridgehead atoms. The normalized spacial score (nSPS) is 15.0. The molecular formula is C19H23ClN4O4S. The van der Waals surface area contributed by atoms with E-state index >= 15 is 0 Å². The maximum Gasteiger partial charge on any atom is 0.281 e. The molecule has 1 aliphatic rings. The van der Waals surface area contributed by atoms with Crippen LogP contribution in [0.1, 0.15) is 27.9 Å². The van der Waals surface area contributed by atoms with Gasteiger partial charge in [0, 0.05) is 13.1 Å². The van der Waals surface area contributed by atoms with E-state index in [2.05, 4.69) is 20.7 Å². The molecule has 2 amide bonds. The number of thiazole rings is 1. The lowest BCUT2D eigenvalue weighted by molar-refractivity contribution is -0.128. The van der Waals surface area contributed by atoms with Crippen molar-refractivity contribution in [2.45, 2.75) is 26.9 Å². The summed E-state index contributed by atoms with van der Waals surface area (Å²) >= 11 is 7.38. The van der Waals surface area contributed by atoms with Gasteiger partial charge < -0.3 is 14.4 Å². The highest BCUT2D eigenvalue weighted by Crippen LogP contribution is 2.27. The Bertz CT molecular complexity index is 898. The number of hydrazine groups is 1. The highest BCUT2D eigenvalue weighted by atomic mass is 35.5. The number of carbonyl (C=O) groups excluding carboxylic acids is 2. The van der Waals surface area contributed by atoms with Crippen LogP contribution in [0.15, 0.2) is 18.2 Å². The maximum absolute atomic E-state index is 12.5. The van der Waals surface area contributed by atoms with Crippen LogP contribution in [0.25, 0.3) is 0 Å². The molecule has 10 heteroatoms. The zero-order chi connectivity index (χ0) is 21.0. The van der Waals surface area contributed by atoms with E-state index in [1.807, 2.05) is 13.0 Å². The Morgan fingerprint density at radius 1 is 1.28 bits per heavy atom. The van der Waals surface area contributed by atoms with Crippen molar-refractivity contribution in [1.82, 2.24) is 15.8 Å². The molecule has 1 fully saturated rings. The Balaban J connectivity index is 1.56. The minimum atomic E-state index is -0.846. The molecule has 1 unspecified atom stereocenters. The fraction of sp³-hybridized carbons (Fsp3) is 0.421. The average molecular weight is 439 g/mol. The molecule has 29 heavy (non-hydrogen) atoms. The van der Waals surface area contributed by atoms with E-state index < -0.39 is 17.9 Å². The van der Waals surface area contributed by atoms with Gasteiger partial charge in [-0.2, -0.15) is 0 Å². The second-order valence-electron chi connectivity index (χ2n) is 6.65. The number of aromatic nitrogens is 1. The first-order chi connectivity index (χ1) is 13.8. The number of halogens is 1. The van der Waals surface area contributed by atoms with Crippen molar-refractivity contribution in [2.75, 3.05) is 31.2 Å². The lowest BCUT2D eigenvalue weighted by atomic mass is 10.2. The fourth-order valence-electron chi connectivity index (χ4n) is 2.70. The summed E-state index contributed by atoms with van der Waals surface area (Å²) in [5.74, 6) is -0.505. The van der Waals surface area contributed by atoms with Crippen LogP contribution in [0.4, 0.5) is 5.13 Å². The third-order valence-electron chi connectivity index (χ3n) is 4.33. The van der Waals surface area contributed by atoms with E-state index in [0.29, 0.717) is 34.6 Å². The molecule has 2 heterocycles. The minimum absolute atomic E-state index is 0.411. The van der Waals surface area contributed by atoms with Gasteiger partial charge in [-0.15, -0.1) is 0 Å². The molecular weight excluding hydrogens is 416 g/mol. The summed E-state index contributed by atoms with van der Waals surface area (Å²) in [4.78, 5) is 31.8. The number of hydrogen-bond donors (Lipinski definition) is 2. The number of ether oxygens (including phenoxy) is 2. The van der Waals surface area contributed by atoms with Crippen LogP contribution in [-0.4, -0.2) is 49.2 Å². The van der Waals surface area contributed by atoms with Crippen LogP contribution in [-0.2, 0) is 9.53 Å². The molecule has 2 N–H and O–H groups in total. The second kappa shape index (κ2) is 9.43. The number of rotatable bonds is 5. The molecule has 0 aliphatic carbocycles. The van der Waals surface area contributed by atoms with E-state index in [0.717, 1.165) is 23.8 Å². The monoisotopic (exact) mass is 438 g/mol. The molecule has 1 atom stereocenters. The fourth-order valence-corrected chi connectivity index (χ4v) is 3.88. The molecule has 0 saturated carbocycles. The van der Waals surface area contributed by atoms with E-state index in [9.17, 15) is 9.59 Å². The van der Waals surface area contributed by atoms with Crippen molar-refractivity contribution >= 4 is 39.9 Å². The first kappa shape index (κ1) is 21.4. The number of nitrogens with zero attached hydrogens (tertiary/aromatic N) is 2. The molecule has 1 saturated heterocycles. The Morgan fingerprint density at radius 3 is 2.72 bits per heavy atom. The topological polar surface area (TPSA) is 92.8 Å². The first-order valence-electron chi connectivity index (χ1n) is 9.18. The summed E-state index contributed by atoms with van der Waals surface area (Å²) in [5, 5.41) is 1.18. The summed E-state index contributed by atoms with van der Waals surface area (Å²) < 4.78 is 10.9. The van der Waals surface area contributed by atoms with Crippen molar-refractivity contribution < 1.29 is 19.1 Å². The minimum Gasteiger partial charge on any atom is -0.479 e. The van der Waals surface area contributed by atoms with Gasteiger partial charge in [0.05, 0.1) is 23.9 Å². The summed E-state index contributed by atoms with van der Waals surface area (Å²) in [7, 11) is 0. The van der Waals surface area contributed by atoms with E-state index in [1.165, 1.54) is 11.3 Å². The standard InChI is InChI=1S/C19H23ClN4O4S/c1-11-4-5-14(20)15(10-11)28-13(3)17(25)22-23-18(26)16-12(2)21-19(29-16)24-6-8-27-9-7-24/h4-5,10,13H,6-9H2,1-3H3,(H,22,25)(H,23,26). The highest BCUT2D eigenvalue weighted by Gasteiger charge is 2.22. The van der Waals surface area contributed by atoms with Crippen LogP contribution < -0.4 is 20.5 Å². The van der Waals surface area contributed by atoms with Crippen LogP contribution in [0.3, 0.4) is 0 Å². The number of nitrogens with one attached hydrogen (secondary N) is 2. The average Bonchev–Trinajstić information content (AvgIpc) is 3.11. The van der Waals surface area contributed by atoms with Gasteiger partial charge in [-0.3, -0.25) is 20.4 Å². The smallest absolute Gasteiger partial charge is 0.281 e. The largest absolute Gasteiger partial charge is 0.479 e. The quantitative estimate of drug-likeness (QED) is 0.697. The number of benzene rings is 1. The number of amides is 2. The molecule has 156 valence electrons. The van der Waals surface area contributed by atoms with E-state index in [1.54, 1.807) is 26.0 Å². The highest BCUT2D eigenvalue weighted by molar-refractivity contribution is 7.17. The summed E-state index contributed by atoms with van der Waals surface area (Å²) in [6.45, 7) is 7.99. The zero-order valence-corrected chi connectivity index (χ0v) is 18.0. The van der Waals surface area contributed by atoms with Gasteiger partial charge in [0.1, 0.15) is 10.6 Å². The molecule has 8 nitrogen and oxygen atoms in total. The number of hydrogen-bond acceptors (Lipinski definition) is 7. The van der Waals surface area contributed by atoms with Crippen molar-refractivity contribution in [2.24, 2.45) is 0 Å². The van der Waals surface area contributed by atoms with Crippen LogP contribution in [0, 0.1) is 13.8 Å². The molecule has 1 aromatic carbocycles. The van der Waals surface area contributed by atoms with Crippen molar-refractivity contribution in [3.8, 4) is 5.75 Å². The third kappa shape index (κ3) is 5.37.